The molecule has 1 saturated carbocycles. The number of benzene rings is 1. The van der Waals surface area contributed by atoms with Crippen LogP contribution in [0.25, 0.3) is 10.9 Å². The molecule has 2 aromatic heterocycles. The molecule has 2 aliphatic rings. The summed E-state index contributed by atoms with van der Waals surface area (Å²) in [7, 11) is 0. The molecule has 0 atom stereocenters. The number of halogens is 2. The number of nitrogen functional groups attached to an aromatic ring is 1. The molecular formula is C22H20F2N4O2. The molecule has 0 saturated heterocycles. The van der Waals surface area contributed by atoms with Gasteiger partial charge in [-0.3, -0.25) is 9.78 Å². The Balaban J connectivity index is 1.45. The number of rotatable bonds is 5. The Morgan fingerprint density at radius 3 is 2.70 bits per heavy atom. The van der Waals surface area contributed by atoms with E-state index in [0.717, 1.165) is 34.9 Å². The van der Waals surface area contributed by atoms with E-state index < -0.39 is 6.43 Å². The highest BCUT2D eigenvalue weighted by atomic mass is 19.3. The zero-order chi connectivity index (χ0) is 20.8. The highest BCUT2D eigenvalue weighted by Crippen LogP contribution is 2.33. The van der Waals surface area contributed by atoms with Crippen molar-refractivity contribution < 1.29 is 18.3 Å². The lowest BCUT2D eigenvalue weighted by Crippen LogP contribution is -2.33. The number of hydrogen-bond donors (Lipinski definition) is 1. The third kappa shape index (κ3) is 3.37. The largest absolute Gasteiger partial charge is 0.383 e. The fraction of sp³-hybridized carbons (Fsp3) is 0.318. The standard InChI is InChI=1S/C22H20F2N4O2/c23-20(24)13-1-3-14(26-8-13)9-28(15-4-5-15)22(29)12-2-6-19-16(7-12)17-10-30-11-18(17)21(25)27-19/h1-3,6-8,15,20H,4-5,9-11H2,(H2,25,27). The maximum Gasteiger partial charge on any atom is 0.265 e. The van der Waals surface area contributed by atoms with Crippen molar-refractivity contribution in [3.63, 3.8) is 0 Å². The van der Waals surface area contributed by atoms with E-state index in [1.807, 2.05) is 6.07 Å². The Kier molecular flexibility index (Phi) is 4.58. The number of fused-ring (bicyclic) bond motifs is 3. The van der Waals surface area contributed by atoms with Crippen LogP contribution < -0.4 is 5.73 Å². The Bertz CT molecular complexity index is 1130. The highest BCUT2D eigenvalue weighted by Gasteiger charge is 2.33. The van der Waals surface area contributed by atoms with Crippen LogP contribution in [0.2, 0.25) is 0 Å². The predicted octanol–water partition coefficient (Wildman–Crippen LogP) is 3.98. The summed E-state index contributed by atoms with van der Waals surface area (Å²) in [5.74, 6) is 0.357. The van der Waals surface area contributed by atoms with Crippen molar-refractivity contribution in [2.75, 3.05) is 5.73 Å². The molecule has 0 unspecified atom stereocenters. The molecule has 5 rings (SSSR count). The molecule has 1 amide bonds. The average Bonchev–Trinajstić information content (AvgIpc) is 3.46. The van der Waals surface area contributed by atoms with Crippen LogP contribution in [-0.4, -0.2) is 26.8 Å². The van der Waals surface area contributed by atoms with Gasteiger partial charge >= 0.3 is 0 Å². The predicted molar refractivity (Wildman–Crippen MR) is 107 cm³/mol. The van der Waals surface area contributed by atoms with E-state index in [1.165, 1.54) is 12.3 Å². The quantitative estimate of drug-likeness (QED) is 0.688. The molecule has 1 aromatic carbocycles. The van der Waals surface area contributed by atoms with E-state index in [4.69, 9.17) is 10.5 Å². The van der Waals surface area contributed by atoms with Gasteiger partial charge in [-0.05, 0) is 48.7 Å². The lowest BCUT2D eigenvalue weighted by atomic mass is 10.0. The van der Waals surface area contributed by atoms with Crippen LogP contribution in [-0.2, 0) is 24.5 Å². The summed E-state index contributed by atoms with van der Waals surface area (Å²) in [6.45, 7) is 1.16. The number of carbonyl (C=O) groups is 1. The van der Waals surface area contributed by atoms with E-state index in [-0.39, 0.29) is 24.1 Å². The zero-order valence-electron chi connectivity index (χ0n) is 16.1. The van der Waals surface area contributed by atoms with Gasteiger partial charge in [0.15, 0.2) is 0 Å². The molecule has 6 nitrogen and oxygen atoms in total. The first-order chi connectivity index (χ1) is 14.5. The van der Waals surface area contributed by atoms with Crippen molar-refractivity contribution in [3.05, 3.63) is 64.5 Å². The van der Waals surface area contributed by atoms with E-state index in [1.54, 1.807) is 23.1 Å². The minimum Gasteiger partial charge on any atom is -0.383 e. The van der Waals surface area contributed by atoms with Gasteiger partial charge in [0.25, 0.3) is 12.3 Å². The van der Waals surface area contributed by atoms with Gasteiger partial charge in [0.2, 0.25) is 0 Å². The number of aromatic nitrogens is 2. The van der Waals surface area contributed by atoms with E-state index in [0.29, 0.717) is 30.3 Å². The highest BCUT2D eigenvalue weighted by molar-refractivity contribution is 5.99. The first kappa shape index (κ1) is 18.9. The van der Waals surface area contributed by atoms with Crippen LogP contribution in [0.1, 0.15) is 52.0 Å². The molecule has 3 aromatic rings. The normalized spacial score (nSPS) is 15.6. The van der Waals surface area contributed by atoms with Gasteiger partial charge in [-0.25, -0.2) is 13.8 Å². The molecule has 1 fully saturated rings. The first-order valence-electron chi connectivity index (χ1n) is 9.84. The van der Waals surface area contributed by atoms with Gasteiger partial charge in [0.05, 0.1) is 31.0 Å². The number of amides is 1. The maximum atomic E-state index is 13.3. The summed E-state index contributed by atoms with van der Waals surface area (Å²) in [4.78, 5) is 23.6. The second-order valence-corrected chi connectivity index (χ2v) is 7.73. The van der Waals surface area contributed by atoms with Crippen LogP contribution in [0.5, 0.6) is 0 Å². The maximum absolute atomic E-state index is 13.3. The molecule has 0 spiro atoms. The average molecular weight is 410 g/mol. The SMILES string of the molecule is Nc1nc2ccc(C(=O)N(Cc3ccc(C(F)F)cn3)C3CC3)cc2c2c1COC2. The van der Waals surface area contributed by atoms with Gasteiger partial charge < -0.3 is 15.4 Å². The molecular weight excluding hydrogens is 390 g/mol. The number of pyridine rings is 2. The van der Waals surface area contributed by atoms with Crippen molar-refractivity contribution >= 4 is 22.6 Å². The molecule has 1 aliphatic carbocycles. The molecule has 0 radical (unpaired) electrons. The van der Waals surface area contributed by atoms with Crippen molar-refractivity contribution in [1.29, 1.82) is 0 Å². The summed E-state index contributed by atoms with van der Waals surface area (Å²) < 4.78 is 31.1. The minimum absolute atomic E-state index is 0.108. The van der Waals surface area contributed by atoms with Gasteiger partial charge in [-0.15, -0.1) is 0 Å². The van der Waals surface area contributed by atoms with Crippen molar-refractivity contribution in [2.45, 2.75) is 45.1 Å². The second kappa shape index (κ2) is 7.28. The summed E-state index contributed by atoms with van der Waals surface area (Å²) >= 11 is 0. The van der Waals surface area contributed by atoms with Crippen LogP contribution in [0, 0.1) is 0 Å². The van der Waals surface area contributed by atoms with Gasteiger partial charge in [-0.2, -0.15) is 0 Å². The van der Waals surface area contributed by atoms with Gasteiger partial charge in [-0.1, -0.05) is 0 Å². The molecule has 1 aliphatic heterocycles. The number of alkyl halides is 2. The Labute approximate surface area is 171 Å². The smallest absolute Gasteiger partial charge is 0.265 e. The van der Waals surface area contributed by atoms with Crippen LogP contribution >= 0.6 is 0 Å². The van der Waals surface area contributed by atoms with Crippen molar-refractivity contribution in [3.8, 4) is 0 Å². The zero-order valence-corrected chi connectivity index (χ0v) is 16.1. The third-order valence-electron chi connectivity index (χ3n) is 5.66. The molecule has 0 bridgehead atoms. The summed E-state index contributed by atoms with van der Waals surface area (Å²) in [5, 5.41) is 0.873. The van der Waals surface area contributed by atoms with Crippen molar-refractivity contribution in [1.82, 2.24) is 14.9 Å². The van der Waals surface area contributed by atoms with E-state index >= 15 is 0 Å². The second-order valence-electron chi connectivity index (χ2n) is 7.73. The van der Waals surface area contributed by atoms with E-state index in [2.05, 4.69) is 9.97 Å². The molecule has 3 heterocycles. The third-order valence-corrected chi connectivity index (χ3v) is 5.66. The van der Waals surface area contributed by atoms with E-state index in [9.17, 15) is 13.6 Å². The number of nitrogens with zero attached hydrogens (tertiary/aromatic N) is 3. The minimum atomic E-state index is -2.56. The number of nitrogens with two attached hydrogens (primary N) is 1. The lowest BCUT2D eigenvalue weighted by molar-refractivity contribution is 0.0727. The first-order valence-corrected chi connectivity index (χ1v) is 9.84. The van der Waals surface area contributed by atoms with Crippen LogP contribution in [0.3, 0.4) is 0 Å². The van der Waals surface area contributed by atoms with Crippen LogP contribution in [0.15, 0.2) is 36.5 Å². The fourth-order valence-electron chi connectivity index (χ4n) is 3.86. The topological polar surface area (TPSA) is 81.3 Å². The monoisotopic (exact) mass is 410 g/mol. The van der Waals surface area contributed by atoms with Crippen molar-refractivity contribution in [2.24, 2.45) is 0 Å². The molecule has 154 valence electrons. The fourth-order valence-corrected chi connectivity index (χ4v) is 3.86. The number of ether oxygens (including phenoxy) is 1. The summed E-state index contributed by atoms with van der Waals surface area (Å²) in [5.41, 5.74) is 9.64. The number of hydrogen-bond acceptors (Lipinski definition) is 5. The van der Waals surface area contributed by atoms with Crippen LogP contribution in [0.4, 0.5) is 14.6 Å². The lowest BCUT2D eigenvalue weighted by Gasteiger charge is -2.22. The Morgan fingerprint density at radius 1 is 1.20 bits per heavy atom. The number of anilines is 1. The molecule has 30 heavy (non-hydrogen) atoms. The summed E-state index contributed by atoms with van der Waals surface area (Å²) in [6.07, 6.45) is 0.468. The Morgan fingerprint density at radius 2 is 2.00 bits per heavy atom. The van der Waals surface area contributed by atoms with Gasteiger partial charge in [0, 0.05) is 34.3 Å². The molecule has 8 heteroatoms. The molecule has 2 N–H and O–H groups in total. The Hall–Kier alpha value is -3.13. The van der Waals surface area contributed by atoms with Gasteiger partial charge in [0.1, 0.15) is 5.82 Å². The number of carbonyl (C=O) groups excluding carboxylic acids is 1. The summed E-state index contributed by atoms with van der Waals surface area (Å²) in [6, 6.07) is 8.46.